The van der Waals surface area contributed by atoms with Crippen LogP contribution < -0.4 is 5.32 Å². The number of hydrogen-bond donors (Lipinski definition) is 1. The molecule has 2 fully saturated rings. The second kappa shape index (κ2) is 7.33. The summed E-state index contributed by atoms with van der Waals surface area (Å²) in [6.07, 6.45) is 11.1. The van der Waals surface area contributed by atoms with Gasteiger partial charge in [-0.1, -0.05) is 27.2 Å². The van der Waals surface area contributed by atoms with Gasteiger partial charge in [-0.05, 0) is 61.6 Å². The van der Waals surface area contributed by atoms with E-state index in [1.807, 2.05) is 0 Å². The summed E-state index contributed by atoms with van der Waals surface area (Å²) < 4.78 is 5.62. The van der Waals surface area contributed by atoms with E-state index in [1.165, 1.54) is 32.1 Å². The summed E-state index contributed by atoms with van der Waals surface area (Å²) in [5, 5.41) is 3.63. The summed E-state index contributed by atoms with van der Waals surface area (Å²) in [7, 11) is 0. The molecule has 0 aliphatic heterocycles. The maximum atomic E-state index is 5.62. The van der Waals surface area contributed by atoms with Gasteiger partial charge in [0.1, 0.15) is 0 Å². The Hall–Kier alpha value is -0.500. The predicted octanol–water partition coefficient (Wildman–Crippen LogP) is 3.98. The first-order valence-electron chi connectivity index (χ1n) is 8.15. The molecule has 19 heavy (non-hydrogen) atoms. The summed E-state index contributed by atoms with van der Waals surface area (Å²) in [5.41, 5.74) is 0. The zero-order valence-corrected chi connectivity index (χ0v) is 12.9. The molecule has 3 atom stereocenters. The van der Waals surface area contributed by atoms with Gasteiger partial charge in [0.05, 0.1) is 6.61 Å². The lowest BCUT2D eigenvalue weighted by atomic mass is 9.74. The fourth-order valence-corrected chi connectivity index (χ4v) is 3.22. The maximum absolute atomic E-state index is 5.62. The van der Waals surface area contributed by atoms with Crippen LogP contribution in [0.1, 0.15) is 52.9 Å². The molecule has 110 valence electrons. The molecule has 0 aromatic carbocycles. The van der Waals surface area contributed by atoms with Crippen LogP contribution in [0.25, 0.3) is 0 Å². The monoisotopic (exact) mass is 265 g/mol. The highest BCUT2D eigenvalue weighted by Gasteiger charge is 2.29. The van der Waals surface area contributed by atoms with E-state index in [-0.39, 0.29) is 0 Å². The molecule has 2 aliphatic carbocycles. The fraction of sp³-hybridized carbons (Fsp3) is 0.882. The van der Waals surface area contributed by atoms with Crippen molar-refractivity contribution in [1.82, 2.24) is 5.32 Å². The highest BCUT2D eigenvalue weighted by Crippen LogP contribution is 2.33. The first kappa shape index (κ1) is 14.9. The van der Waals surface area contributed by atoms with Gasteiger partial charge in [-0.3, -0.25) is 0 Å². The molecule has 1 N–H and O–H groups in total. The zero-order chi connectivity index (χ0) is 13.7. The molecule has 2 saturated carbocycles. The molecule has 0 amide bonds. The first-order valence-corrected chi connectivity index (χ1v) is 8.15. The Labute approximate surface area is 119 Å². The largest absolute Gasteiger partial charge is 0.388 e. The summed E-state index contributed by atoms with van der Waals surface area (Å²) >= 11 is 0. The van der Waals surface area contributed by atoms with Gasteiger partial charge >= 0.3 is 0 Å². The molecule has 3 unspecified atom stereocenters. The van der Waals surface area contributed by atoms with E-state index < -0.39 is 0 Å². The van der Waals surface area contributed by atoms with E-state index in [4.69, 9.17) is 4.74 Å². The van der Waals surface area contributed by atoms with Crippen molar-refractivity contribution in [3.05, 3.63) is 12.3 Å². The topological polar surface area (TPSA) is 21.3 Å². The van der Waals surface area contributed by atoms with Crippen LogP contribution in [-0.2, 0) is 4.74 Å². The van der Waals surface area contributed by atoms with Gasteiger partial charge in [-0.2, -0.15) is 0 Å². The van der Waals surface area contributed by atoms with Gasteiger partial charge in [0.25, 0.3) is 0 Å². The van der Waals surface area contributed by atoms with Crippen molar-refractivity contribution in [3.63, 3.8) is 0 Å². The molecule has 2 heteroatoms. The van der Waals surface area contributed by atoms with Crippen molar-refractivity contribution >= 4 is 0 Å². The summed E-state index contributed by atoms with van der Waals surface area (Å²) in [5.74, 6) is 3.34. The van der Waals surface area contributed by atoms with Gasteiger partial charge in [0.2, 0.25) is 0 Å². The third-order valence-electron chi connectivity index (χ3n) is 4.71. The summed E-state index contributed by atoms with van der Waals surface area (Å²) in [6.45, 7) is 8.82. The highest BCUT2D eigenvalue weighted by molar-refractivity contribution is 4.91. The van der Waals surface area contributed by atoms with Crippen LogP contribution in [-0.4, -0.2) is 19.3 Å². The molecule has 0 heterocycles. The lowest BCUT2D eigenvalue weighted by molar-refractivity contribution is 0.150. The average molecular weight is 265 g/mol. The van der Waals surface area contributed by atoms with Crippen LogP contribution in [0.2, 0.25) is 0 Å². The Morgan fingerprint density at radius 2 is 2.00 bits per heavy atom. The smallest absolute Gasteiger partial charge is 0.0664 e. The zero-order valence-electron chi connectivity index (χ0n) is 12.9. The fourth-order valence-electron chi connectivity index (χ4n) is 3.22. The second-order valence-corrected chi connectivity index (χ2v) is 6.98. The maximum Gasteiger partial charge on any atom is 0.0664 e. The van der Waals surface area contributed by atoms with Crippen LogP contribution in [0.5, 0.6) is 0 Å². The molecule has 0 bridgehead atoms. The third-order valence-corrected chi connectivity index (χ3v) is 4.71. The lowest BCUT2D eigenvalue weighted by Gasteiger charge is -2.37. The number of ether oxygens (including phenoxy) is 1. The average Bonchev–Trinajstić information content (AvgIpc) is 3.17. The number of nitrogens with one attached hydrogen (secondary N) is 1. The standard InChI is InChI=1S/C17H31NO/c1-13(2)16-8-5-14(3)11-17(16)18-9-4-10-19-12-15-6-7-15/h4,9,13-18H,5-8,10-12H2,1-3H3/b9-4+. The molecular weight excluding hydrogens is 234 g/mol. The molecular formula is C17H31NO. The highest BCUT2D eigenvalue weighted by atomic mass is 16.5. The SMILES string of the molecule is CC1CCC(C(C)C)C(N/C=C/COCC2CC2)C1. The third kappa shape index (κ3) is 5.18. The first-order chi connectivity index (χ1) is 9.16. The van der Waals surface area contributed by atoms with Gasteiger partial charge in [0, 0.05) is 12.6 Å². The summed E-state index contributed by atoms with van der Waals surface area (Å²) in [4.78, 5) is 0. The Balaban J connectivity index is 1.66. The lowest BCUT2D eigenvalue weighted by Crippen LogP contribution is -2.40. The van der Waals surface area contributed by atoms with Crippen molar-refractivity contribution in [3.8, 4) is 0 Å². The van der Waals surface area contributed by atoms with Crippen molar-refractivity contribution in [2.24, 2.45) is 23.7 Å². The van der Waals surface area contributed by atoms with E-state index in [0.29, 0.717) is 6.04 Å². The minimum atomic E-state index is 0.656. The Morgan fingerprint density at radius 3 is 2.68 bits per heavy atom. The van der Waals surface area contributed by atoms with Crippen molar-refractivity contribution in [1.29, 1.82) is 0 Å². The second-order valence-electron chi connectivity index (χ2n) is 6.98. The molecule has 2 rings (SSSR count). The molecule has 0 radical (unpaired) electrons. The van der Waals surface area contributed by atoms with E-state index in [9.17, 15) is 0 Å². The minimum absolute atomic E-state index is 0.656. The van der Waals surface area contributed by atoms with Crippen LogP contribution in [0.15, 0.2) is 12.3 Å². The summed E-state index contributed by atoms with van der Waals surface area (Å²) in [6, 6.07) is 0.656. The Kier molecular flexibility index (Phi) is 5.75. The van der Waals surface area contributed by atoms with Gasteiger partial charge in [-0.15, -0.1) is 0 Å². The normalized spacial score (nSPS) is 32.1. The molecule has 2 aliphatic rings. The molecule has 0 saturated heterocycles. The van der Waals surface area contributed by atoms with E-state index in [2.05, 4.69) is 38.4 Å². The Morgan fingerprint density at radius 1 is 1.21 bits per heavy atom. The molecule has 2 nitrogen and oxygen atoms in total. The van der Waals surface area contributed by atoms with Gasteiger partial charge < -0.3 is 10.1 Å². The van der Waals surface area contributed by atoms with Crippen LogP contribution in [0, 0.1) is 23.7 Å². The van der Waals surface area contributed by atoms with Crippen LogP contribution in [0.4, 0.5) is 0 Å². The van der Waals surface area contributed by atoms with Crippen LogP contribution in [0.3, 0.4) is 0 Å². The molecule has 0 spiro atoms. The Bertz CT molecular complexity index is 283. The van der Waals surface area contributed by atoms with Crippen molar-refractivity contribution < 1.29 is 4.74 Å². The van der Waals surface area contributed by atoms with Crippen molar-refractivity contribution in [2.45, 2.75) is 58.9 Å². The van der Waals surface area contributed by atoms with E-state index in [0.717, 1.165) is 36.9 Å². The quantitative estimate of drug-likeness (QED) is 0.703. The van der Waals surface area contributed by atoms with E-state index >= 15 is 0 Å². The molecule has 0 aromatic rings. The van der Waals surface area contributed by atoms with Gasteiger partial charge in [-0.25, -0.2) is 0 Å². The van der Waals surface area contributed by atoms with Crippen molar-refractivity contribution in [2.75, 3.05) is 13.2 Å². The number of hydrogen-bond acceptors (Lipinski definition) is 2. The van der Waals surface area contributed by atoms with Gasteiger partial charge in [0.15, 0.2) is 0 Å². The van der Waals surface area contributed by atoms with E-state index in [1.54, 1.807) is 0 Å². The minimum Gasteiger partial charge on any atom is -0.388 e. The molecule has 0 aromatic heterocycles. The number of rotatable bonds is 7. The predicted molar refractivity (Wildman–Crippen MR) is 80.9 cm³/mol. The van der Waals surface area contributed by atoms with Crippen LogP contribution >= 0.6 is 0 Å².